The summed E-state index contributed by atoms with van der Waals surface area (Å²) in [5.41, 5.74) is 22.9. The number of fused-ring (bicyclic) bond motifs is 8. The number of hydrogen-bond donors (Lipinski definition) is 1. The first-order valence-corrected chi connectivity index (χ1v) is 16.3. The average Bonchev–Trinajstić information content (AvgIpc) is 3.56. The van der Waals surface area contributed by atoms with Crippen LogP contribution in [0, 0.1) is 6.92 Å². The Bertz CT molecular complexity index is 2290. The fraction of sp³-hybridized carbons (Fsp3) is 0.0889. The van der Waals surface area contributed by atoms with Crippen molar-refractivity contribution in [3.8, 4) is 22.3 Å². The second-order valence-electron chi connectivity index (χ2n) is 12.6. The molecule has 0 aromatic heterocycles. The third kappa shape index (κ3) is 4.22. The molecule has 2 aliphatic rings. The van der Waals surface area contributed by atoms with E-state index in [9.17, 15) is 0 Å². The minimum atomic E-state index is -0.403. The number of benzene rings is 6. The van der Waals surface area contributed by atoms with E-state index in [4.69, 9.17) is 5.73 Å². The molecule has 6 aromatic rings. The number of aliphatic imine (C=N–C) groups is 1. The molecule has 0 heterocycles. The van der Waals surface area contributed by atoms with Gasteiger partial charge in [0, 0.05) is 0 Å². The van der Waals surface area contributed by atoms with Crippen LogP contribution in [-0.2, 0) is 5.41 Å². The van der Waals surface area contributed by atoms with Gasteiger partial charge in [0.1, 0.15) is 5.84 Å². The van der Waals surface area contributed by atoms with Gasteiger partial charge in [0.25, 0.3) is 0 Å². The van der Waals surface area contributed by atoms with E-state index < -0.39 is 5.41 Å². The van der Waals surface area contributed by atoms with Crippen molar-refractivity contribution in [3.05, 3.63) is 186 Å². The number of aryl methyl sites for hydroxylation is 1. The molecule has 0 aliphatic heterocycles. The first-order chi connectivity index (χ1) is 22.9. The van der Waals surface area contributed by atoms with Gasteiger partial charge in [-0.2, -0.15) is 0 Å². The van der Waals surface area contributed by atoms with Gasteiger partial charge in [0.2, 0.25) is 0 Å². The van der Waals surface area contributed by atoms with Gasteiger partial charge in [-0.3, -0.25) is 0 Å². The van der Waals surface area contributed by atoms with Crippen LogP contribution in [0.2, 0.25) is 0 Å². The van der Waals surface area contributed by atoms with Crippen LogP contribution in [0.1, 0.15) is 52.3 Å². The Morgan fingerprint density at radius 1 is 0.681 bits per heavy atom. The van der Waals surface area contributed by atoms with Gasteiger partial charge >= 0.3 is 0 Å². The van der Waals surface area contributed by atoms with Gasteiger partial charge in [0.15, 0.2) is 0 Å². The zero-order chi connectivity index (χ0) is 32.3. The summed E-state index contributed by atoms with van der Waals surface area (Å²) in [5.74, 6) is 0.360. The Labute approximate surface area is 277 Å². The highest BCUT2D eigenvalue weighted by molar-refractivity contribution is 6.12. The SMILES string of the molecule is C=CC(N)=NC(=C)c1ccc(-c2ccc(C3=C(CC)c4cc5ccccc5cc4C34c3ccccc3-c3ccccc34)c(C)c2)cc1. The van der Waals surface area contributed by atoms with Crippen LogP contribution in [0.4, 0.5) is 0 Å². The first kappa shape index (κ1) is 28.7. The fourth-order valence-electron chi connectivity index (χ4n) is 8.07. The predicted octanol–water partition coefficient (Wildman–Crippen LogP) is 11.0. The molecule has 6 aromatic carbocycles. The minimum absolute atomic E-state index is 0.360. The molecule has 0 amide bonds. The van der Waals surface area contributed by atoms with Crippen molar-refractivity contribution in [3.63, 3.8) is 0 Å². The molecule has 0 atom stereocenters. The smallest absolute Gasteiger partial charge is 0.123 e. The van der Waals surface area contributed by atoms with E-state index >= 15 is 0 Å². The average molecular weight is 605 g/mol. The minimum Gasteiger partial charge on any atom is -0.384 e. The van der Waals surface area contributed by atoms with Crippen LogP contribution >= 0.6 is 0 Å². The summed E-state index contributed by atoms with van der Waals surface area (Å²) >= 11 is 0. The monoisotopic (exact) mass is 604 g/mol. The summed E-state index contributed by atoms with van der Waals surface area (Å²) in [6, 6.07) is 47.1. The maximum absolute atomic E-state index is 5.85. The quantitative estimate of drug-likeness (QED) is 0.149. The second-order valence-corrected chi connectivity index (χ2v) is 12.6. The van der Waals surface area contributed by atoms with Crippen LogP contribution in [0.3, 0.4) is 0 Å². The van der Waals surface area contributed by atoms with Crippen molar-refractivity contribution >= 4 is 33.5 Å². The normalized spacial score (nSPS) is 14.3. The van der Waals surface area contributed by atoms with Gasteiger partial charge in [-0.25, -0.2) is 4.99 Å². The van der Waals surface area contributed by atoms with Gasteiger partial charge in [0.05, 0.1) is 11.1 Å². The van der Waals surface area contributed by atoms with Crippen molar-refractivity contribution in [2.24, 2.45) is 10.7 Å². The molecule has 47 heavy (non-hydrogen) atoms. The lowest BCUT2D eigenvalue weighted by molar-refractivity contribution is 0.842. The molecule has 0 fully saturated rings. The standard InChI is InChI=1S/C45H36N2/c1-5-35-39-26-32-13-7-8-14-33(32)27-42(39)45(40-17-11-9-15-37(40)38-16-10-12-18-41(38)45)44(35)36-24-23-34(25-28(36)3)31-21-19-30(20-22-31)29(4)47-43(46)6-2/h6-27H,2,4-5H2,1,3H3,(H2,46,47). The molecule has 226 valence electrons. The largest absolute Gasteiger partial charge is 0.384 e. The third-order valence-electron chi connectivity index (χ3n) is 10.1. The topological polar surface area (TPSA) is 38.4 Å². The number of allylic oxidation sites excluding steroid dienone is 2. The lowest BCUT2D eigenvalue weighted by Crippen LogP contribution is -2.27. The van der Waals surface area contributed by atoms with E-state index in [1.54, 1.807) is 0 Å². The summed E-state index contributed by atoms with van der Waals surface area (Å²) in [5, 5.41) is 2.56. The van der Waals surface area contributed by atoms with Crippen LogP contribution in [0.25, 0.3) is 49.9 Å². The molecule has 2 N–H and O–H groups in total. The van der Waals surface area contributed by atoms with E-state index in [1.807, 2.05) is 0 Å². The summed E-state index contributed by atoms with van der Waals surface area (Å²) in [6.45, 7) is 12.3. The highest BCUT2D eigenvalue weighted by Crippen LogP contribution is 2.65. The summed E-state index contributed by atoms with van der Waals surface area (Å²) in [7, 11) is 0. The number of nitrogens with zero attached hydrogens (tertiary/aromatic N) is 1. The van der Waals surface area contributed by atoms with Gasteiger partial charge in [-0.1, -0.05) is 135 Å². The third-order valence-corrected chi connectivity index (χ3v) is 10.1. The van der Waals surface area contributed by atoms with Crippen LogP contribution in [-0.4, -0.2) is 5.84 Å². The molecule has 8 rings (SSSR count). The van der Waals surface area contributed by atoms with E-state index in [0.717, 1.165) is 17.5 Å². The van der Waals surface area contributed by atoms with E-state index in [1.165, 1.54) is 78.1 Å². The molecule has 1 spiro atoms. The zero-order valence-corrected chi connectivity index (χ0v) is 26.8. The molecule has 2 heteroatoms. The summed E-state index contributed by atoms with van der Waals surface area (Å²) in [6.07, 6.45) is 2.47. The molecular weight excluding hydrogens is 569 g/mol. The maximum Gasteiger partial charge on any atom is 0.123 e. The molecule has 0 saturated heterocycles. The molecule has 0 saturated carbocycles. The Balaban J connectivity index is 1.34. The zero-order valence-electron chi connectivity index (χ0n) is 26.8. The van der Waals surface area contributed by atoms with Crippen molar-refractivity contribution in [2.75, 3.05) is 0 Å². The lowest BCUT2D eigenvalue weighted by Gasteiger charge is -2.34. The summed E-state index contributed by atoms with van der Waals surface area (Å²) in [4.78, 5) is 4.33. The second kappa shape index (κ2) is 11.0. The number of rotatable bonds is 6. The number of amidine groups is 1. The van der Waals surface area contributed by atoms with E-state index in [2.05, 4.69) is 159 Å². The number of hydrogen-bond acceptors (Lipinski definition) is 1. The van der Waals surface area contributed by atoms with Crippen molar-refractivity contribution in [1.29, 1.82) is 0 Å². The Morgan fingerprint density at radius 3 is 1.89 bits per heavy atom. The molecule has 0 bridgehead atoms. The van der Waals surface area contributed by atoms with Gasteiger partial charge < -0.3 is 5.73 Å². The molecule has 2 aliphatic carbocycles. The van der Waals surface area contributed by atoms with Crippen molar-refractivity contribution in [1.82, 2.24) is 0 Å². The molecular formula is C45H36N2. The highest BCUT2D eigenvalue weighted by Gasteiger charge is 2.53. The maximum atomic E-state index is 5.85. The van der Waals surface area contributed by atoms with E-state index in [0.29, 0.717) is 11.5 Å². The Hall–Kier alpha value is -5.73. The van der Waals surface area contributed by atoms with Crippen molar-refractivity contribution < 1.29 is 0 Å². The molecule has 0 unspecified atom stereocenters. The number of nitrogens with two attached hydrogens (primary N) is 1. The van der Waals surface area contributed by atoms with Gasteiger partial charge in [-0.05, 0) is 115 Å². The van der Waals surface area contributed by atoms with Crippen LogP contribution in [0.5, 0.6) is 0 Å². The van der Waals surface area contributed by atoms with E-state index in [-0.39, 0.29) is 0 Å². The molecule has 2 nitrogen and oxygen atoms in total. The first-order valence-electron chi connectivity index (χ1n) is 16.3. The fourth-order valence-corrected chi connectivity index (χ4v) is 8.07. The van der Waals surface area contributed by atoms with Crippen LogP contribution < -0.4 is 5.73 Å². The predicted molar refractivity (Wildman–Crippen MR) is 200 cm³/mol. The summed E-state index contributed by atoms with van der Waals surface area (Å²) < 4.78 is 0. The molecule has 0 radical (unpaired) electrons. The lowest BCUT2D eigenvalue weighted by atomic mass is 9.67. The Kier molecular flexibility index (Phi) is 6.70. The van der Waals surface area contributed by atoms with Gasteiger partial charge in [-0.15, -0.1) is 0 Å². The van der Waals surface area contributed by atoms with Crippen molar-refractivity contribution in [2.45, 2.75) is 25.7 Å². The van der Waals surface area contributed by atoms with Crippen LogP contribution in [0.15, 0.2) is 152 Å². The Morgan fingerprint density at radius 2 is 1.28 bits per heavy atom. The highest BCUT2D eigenvalue weighted by atomic mass is 14.9.